The van der Waals surface area contributed by atoms with Gasteiger partial charge in [0, 0.05) is 0 Å². The molecule has 0 bridgehead atoms. The number of nitrogens with one attached hydrogen (secondary N) is 1. The van der Waals surface area contributed by atoms with Crippen LogP contribution in [0.15, 0.2) is 0 Å². The molecule has 0 unspecified atom stereocenters. The molecule has 60 valence electrons. The van der Waals surface area contributed by atoms with Crippen molar-refractivity contribution < 1.29 is 19.8 Å². The van der Waals surface area contributed by atoms with Gasteiger partial charge in [0.2, 0.25) is 0 Å². The van der Waals surface area contributed by atoms with E-state index in [1.165, 1.54) is 0 Å². The molecule has 0 spiro atoms. The number of urea groups is 2. The highest BCUT2D eigenvalue weighted by Gasteiger charge is 1.92. The van der Waals surface area contributed by atoms with Crippen molar-refractivity contribution in [2.45, 2.75) is 0 Å². The van der Waals surface area contributed by atoms with E-state index in [-0.39, 0.29) is 0 Å². The summed E-state index contributed by atoms with van der Waals surface area (Å²) in [7, 11) is 0. The molecule has 7 heteroatoms. The highest BCUT2D eigenvalue weighted by molar-refractivity contribution is 5.91. The van der Waals surface area contributed by atoms with E-state index < -0.39 is 18.9 Å². The molecule has 7 nitrogen and oxygen atoms in total. The molecule has 0 rings (SSSR count). The molecule has 10 heavy (non-hydrogen) atoms. The van der Waals surface area contributed by atoms with Gasteiger partial charge in [-0.2, -0.15) is 0 Å². The van der Waals surface area contributed by atoms with E-state index in [2.05, 4.69) is 11.5 Å². The Kier molecular flexibility index (Phi) is 8.78. The third kappa shape index (κ3) is 30.2. The third-order valence-corrected chi connectivity index (χ3v) is 0.246. The maximum absolute atomic E-state index is 9.62. The molecular formula is C3H9N3O4. The van der Waals surface area contributed by atoms with Crippen LogP contribution in [0, 0.1) is 0 Å². The van der Waals surface area contributed by atoms with Crippen LogP contribution in [0.2, 0.25) is 0 Å². The number of hydrogen-bond acceptors (Lipinski definition) is 4. The highest BCUT2D eigenvalue weighted by Crippen LogP contribution is 1.51. The lowest BCUT2D eigenvalue weighted by Crippen LogP contribution is -2.38. The maximum Gasteiger partial charge on any atom is 0.320 e. The minimum absolute atomic E-state index is 0.750. The SMILES string of the molecule is NC(=O)NC(N)=O.OCO. The molecule has 0 aromatic rings. The van der Waals surface area contributed by atoms with Gasteiger partial charge >= 0.3 is 12.1 Å². The van der Waals surface area contributed by atoms with Crippen LogP contribution in [-0.4, -0.2) is 29.1 Å². The Morgan fingerprint density at radius 3 is 1.40 bits per heavy atom. The smallest absolute Gasteiger partial charge is 0.320 e. The average molecular weight is 151 g/mol. The third-order valence-electron chi connectivity index (χ3n) is 0.246. The van der Waals surface area contributed by atoms with Crippen LogP contribution in [0.5, 0.6) is 0 Å². The van der Waals surface area contributed by atoms with Gasteiger partial charge in [-0.1, -0.05) is 0 Å². The number of carbonyl (C=O) groups is 2. The molecule has 0 fully saturated rings. The number of aliphatic hydroxyl groups excluding tert-OH is 1. The maximum atomic E-state index is 9.62. The molecule has 0 heterocycles. The van der Waals surface area contributed by atoms with Gasteiger partial charge in [-0.05, 0) is 0 Å². The van der Waals surface area contributed by atoms with Gasteiger partial charge in [-0.15, -0.1) is 0 Å². The standard InChI is InChI=1S/C2H5N3O2.CH4O2/c3-1(6)5-2(4)7;2-1-3/h(H5,3,4,5,6,7);2-3H,1H2. The number of imide groups is 1. The number of primary amides is 2. The van der Waals surface area contributed by atoms with Crippen LogP contribution in [0.4, 0.5) is 9.59 Å². The summed E-state index contributed by atoms with van der Waals surface area (Å²) < 4.78 is 0. The van der Waals surface area contributed by atoms with Crippen LogP contribution in [0.3, 0.4) is 0 Å². The van der Waals surface area contributed by atoms with E-state index in [0.717, 1.165) is 0 Å². The van der Waals surface area contributed by atoms with Crippen LogP contribution >= 0.6 is 0 Å². The Labute approximate surface area is 56.6 Å². The molecule has 4 amide bonds. The molecular weight excluding hydrogens is 142 g/mol. The van der Waals surface area contributed by atoms with Crippen LogP contribution < -0.4 is 16.8 Å². The normalized spacial score (nSPS) is 7.00. The first-order chi connectivity index (χ1) is 4.54. The first-order valence-electron chi connectivity index (χ1n) is 2.12. The summed E-state index contributed by atoms with van der Waals surface area (Å²) in [5, 5.41) is 15.8. The second-order valence-electron chi connectivity index (χ2n) is 0.995. The molecule has 0 aromatic carbocycles. The summed E-state index contributed by atoms with van der Waals surface area (Å²) in [6, 6.07) is -1.88. The monoisotopic (exact) mass is 151 g/mol. The predicted octanol–water partition coefficient (Wildman–Crippen LogP) is -2.34. The Balaban J connectivity index is 0. The van der Waals surface area contributed by atoms with E-state index in [0.29, 0.717) is 0 Å². The first-order valence-corrected chi connectivity index (χ1v) is 2.12. The van der Waals surface area contributed by atoms with Gasteiger partial charge in [0.25, 0.3) is 0 Å². The number of hydrogen-bond donors (Lipinski definition) is 5. The summed E-state index contributed by atoms with van der Waals surface area (Å²) in [5.41, 5.74) is 8.88. The summed E-state index contributed by atoms with van der Waals surface area (Å²) in [5.74, 6) is 0. The second kappa shape index (κ2) is 7.66. The Bertz CT molecular complexity index is 102. The minimum atomic E-state index is -0.938. The van der Waals surface area contributed by atoms with Gasteiger partial charge in [0.1, 0.15) is 6.79 Å². The van der Waals surface area contributed by atoms with Crippen molar-refractivity contribution in [3.8, 4) is 0 Å². The zero-order valence-corrected chi connectivity index (χ0v) is 5.07. The van der Waals surface area contributed by atoms with Crippen LogP contribution in [-0.2, 0) is 0 Å². The molecule has 0 radical (unpaired) electrons. The topological polar surface area (TPSA) is 139 Å². The van der Waals surface area contributed by atoms with Crippen molar-refractivity contribution >= 4 is 12.1 Å². The Hall–Kier alpha value is -1.34. The van der Waals surface area contributed by atoms with E-state index >= 15 is 0 Å². The molecule has 0 atom stereocenters. The highest BCUT2D eigenvalue weighted by atomic mass is 16.5. The lowest BCUT2D eigenvalue weighted by Gasteiger charge is -1.88. The quantitative estimate of drug-likeness (QED) is 0.247. The van der Waals surface area contributed by atoms with Crippen molar-refractivity contribution in [1.82, 2.24) is 5.32 Å². The number of nitrogens with two attached hydrogens (primary N) is 2. The first kappa shape index (κ1) is 11.5. The molecule has 0 saturated carbocycles. The van der Waals surface area contributed by atoms with Crippen LogP contribution in [0.1, 0.15) is 0 Å². The van der Waals surface area contributed by atoms with Crippen molar-refractivity contribution in [2.24, 2.45) is 11.5 Å². The molecule has 0 aliphatic rings. The zero-order valence-electron chi connectivity index (χ0n) is 5.07. The summed E-state index contributed by atoms with van der Waals surface area (Å²) in [6.45, 7) is -0.750. The average Bonchev–Trinajstić information content (AvgIpc) is 1.62. The van der Waals surface area contributed by atoms with E-state index in [1.54, 1.807) is 5.32 Å². The van der Waals surface area contributed by atoms with Crippen molar-refractivity contribution in [2.75, 3.05) is 6.79 Å². The Morgan fingerprint density at radius 1 is 1.20 bits per heavy atom. The fraction of sp³-hybridized carbons (Fsp3) is 0.333. The number of amides is 4. The fourth-order valence-electron chi connectivity index (χ4n) is 0.121. The lowest BCUT2D eigenvalue weighted by molar-refractivity contribution is 0.0773. The van der Waals surface area contributed by atoms with Gasteiger partial charge in [-0.3, -0.25) is 5.32 Å². The fourth-order valence-corrected chi connectivity index (χ4v) is 0.121. The predicted molar refractivity (Wildman–Crippen MR) is 31.6 cm³/mol. The van der Waals surface area contributed by atoms with Crippen molar-refractivity contribution in [3.05, 3.63) is 0 Å². The van der Waals surface area contributed by atoms with Crippen molar-refractivity contribution in [3.63, 3.8) is 0 Å². The van der Waals surface area contributed by atoms with Gasteiger partial charge in [0.15, 0.2) is 0 Å². The van der Waals surface area contributed by atoms with Crippen LogP contribution in [0.25, 0.3) is 0 Å². The largest absolute Gasteiger partial charge is 0.371 e. The molecule has 0 aliphatic carbocycles. The van der Waals surface area contributed by atoms with Gasteiger partial charge in [0.05, 0.1) is 0 Å². The zero-order chi connectivity index (χ0) is 8.57. The molecule has 0 saturated heterocycles. The lowest BCUT2D eigenvalue weighted by atomic mass is 10.9. The second-order valence-corrected chi connectivity index (χ2v) is 0.995. The van der Waals surface area contributed by atoms with E-state index in [9.17, 15) is 9.59 Å². The van der Waals surface area contributed by atoms with Gasteiger partial charge < -0.3 is 21.7 Å². The Morgan fingerprint density at radius 2 is 1.40 bits per heavy atom. The van der Waals surface area contributed by atoms with E-state index in [1.807, 2.05) is 0 Å². The molecule has 0 aromatic heterocycles. The summed E-state index contributed by atoms with van der Waals surface area (Å²) >= 11 is 0. The molecule has 7 N–H and O–H groups in total. The number of aliphatic hydroxyl groups is 2. The van der Waals surface area contributed by atoms with E-state index in [4.69, 9.17) is 10.2 Å². The minimum Gasteiger partial charge on any atom is -0.371 e. The van der Waals surface area contributed by atoms with Crippen molar-refractivity contribution in [1.29, 1.82) is 0 Å². The number of rotatable bonds is 0. The summed E-state index contributed by atoms with van der Waals surface area (Å²) in [6.07, 6.45) is 0. The number of carbonyl (C=O) groups excluding carboxylic acids is 2. The van der Waals surface area contributed by atoms with Gasteiger partial charge in [-0.25, -0.2) is 9.59 Å². The summed E-state index contributed by atoms with van der Waals surface area (Å²) in [4.78, 5) is 19.2. The molecule has 0 aliphatic heterocycles.